The standard InChI is InChI=1S/C14H21N3O4S/c1-10-5-6-13(8-14(10)17(18)19)22(20,21)16-11(2)12-4-3-7-15-9-12/h5-6,8,11-12,15-16H,3-4,7,9H2,1-2H3. The maximum absolute atomic E-state index is 12.4. The summed E-state index contributed by atoms with van der Waals surface area (Å²) < 4.78 is 27.5. The molecule has 0 aromatic heterocycles. The molecule has 22 heavy (non-hydrogen) atoms. The number of nitro benzene ring substituents is 1. The lowest BCUT2D eigenvalue weighted by molar-refractivity contribution is -0.385. The number of sulfonamides is 1. The van der Waals surface area contributed by atoms with Crippen LogP contribution in [0.4, 0.5) is 5.69 Å². The minimum Gasteiger partial charge on any atom is -0.316 e. The second kappa shape index (κ2) is 6.72. The van der Waals surface area contributed by atoms with E-state index < -0.39 is 14.9 Å². The predicted octanol–water partition coefficient (Wildman–Crippen LogP) is 1.57. The summed E-state index contributed by atoms with van der Waals surface area (Å²) in [5.74, 6) is 0.226. The fourth-order valence-corrected chi connectivity index (χ4v) is 4.00. The van der Waals surface area contributed by atoms with Crippen molar-refractivity contribution in [3.8, 4) is 0 Å². The lowest BCUT2D eigenvalue weighted by Gasteiger charge is -2.28. The maximum Gasteiger partial charge on any atom is 0.273 e. The average Bonchev–Trinajstić information content (AvgIpc) is 2.47. The summed E-state index contributed by atoms with van der Waals surface area (Å²) in [6, 6.07) is 3.75. The quantitative estimate of drug-likeness (QED) is 0.631. The zero-order chi connectivity index (χ0) is 16.3. The lowest BCUT2D eigenvalue weighted by Crippen LogP contribution is -2.44. The Labute approximate surface area is 130 Å². The van der Waals surface area contributed by atoms with Gasteiger partial charge in [0.2, 0.25) is 10.0 Å². The molecule has 1 fully saturated rings. The number of benzene rings is 1. The molecular formula is C14H21N3O4S. The molecule has 2 unspecified atom stereocenters. The zero-order valence-electron chi connectivity index (χ0n) is 12.7. The number of hydrogen-bond acceptors (Lipinski definition) is 5. The highest BCUT2D eigenvalue weighted by molar-refractivity contribution is 7.89. The van der Waals surface area contributed by atoms with Crippen LogP contribution in [0, 0.1) is 23.0 Å². The molecule has 122 valence electrons. The molecule has 0 saturated carbocycles. The first-order valence-corrected chi connectivity index (χ1v) is 8.77. The molecule has 7 nitrogen and oxygen atoms in total. The number of hydrogen-bond donors (Lipinski definition) is 2. The van der Waals surface area contributed by atoms with Gasteiger partial charge >= 0.3 is 0 Å². The molecule has 1 aromatic carbocycles. The van der Waals surface area contributed by atoms with Gasteiger partial charge in [-0.1, -0.05) is 6.07 Å². The largest absolute Gasteiger partial charge is 0.316 e. The van der Waals surface area contributed by atoms with E-state index in [2.05, 4.69) is 10.0 Å². The minimum atomic E-state index is -3.76. The van der Waals surface area contributed by atoms with E-state index in [-0.39, 0.29) is 22.5 Å². The van der Waals surface area contributed by atoms with Crippen molar-refractivity contribution >= 4 is 15.7 Å². The van der Waals surface area contributed by atoms with E-state index in [9.17, 15) is 18.5 Å². The first-order valence-electron chi connectivity index (χ1n) is 7.29. The van der Waals surface area contributed by atoms with Crippen molar-refractivity contribution in [1.29, 1.82) is 0 Å². The molecule has 0 spiro atoms. The van der Waals surface area contributed by atoms with Crippen LogP contribution in [0.3, 0.4) is 0 Å². The second-order valence-corrected chi connectivity index (χ2v) is 7.44. The minimum absolute atomic E-state index is 0.0691. The van der Waals surface area contributed by atoms with Gasteiger partial charge in [-0.05, 0) is 51.8 Å². The molecule has 0 radical (unpaired) electrons. The van der Waals surface area contributed by atoms with Crippen LogP contribution in [0.2, 0.25) is 0 Å². The van der Waals surface area contributed by atoms with Crippen molar-refractivity contribution in [2.24, 2.45) is 5.92 Å². The van der Waals surface area contributed by atoms with Crippen molar-refractivity contribution in [2.75, 3.05) is 13.1 Å². The Balaban J connectivity index is 2.19. The summed E-state index contributed by atoms with van der Waals surface area (Å²) in [5.41, 5.74) is 0.253. The number of nitrogens with zero attached hydrogens (tertiary/aromatic N) is 1. The summed E-state index contributed by atoms with van der Waals surface area (Å²) in [7, 11) is -3.76. The molecule has 1 heterocycles. The van der Waals surface area contributed by atoms with E-state index in [1.54, 1.807) is 6.92 Å². The van der Waals surface area contributed by atoms with Crippen molar-refractivity contribution in [3.63, 3.8) is 0 Å². The third-order valence-electron chi connectivity index (χ3n) is 4.07. The Hall–Kier alpha value is -1.51. The fraction of sp³-hybridized carbons (Fsp3) is 0.571. The lowest BCUT2D eigenvalue weighted by atomic mass is 9.94. The Morgan fingerprint density at radius 1 is 1.45 bits per heavy atom. The monoisotopic (exact) mass is 327 g/mol. The van der Waals surface area contributed by atoms with E-state index in [1.807, 2.05) is 6.92 Å². The first kappa shape index (κ1) is 16.9. The molecule has 2 N–H and O–H groups in total. The van der Waals surface area contributed by atoms with Crippen molar-refractivity contribution in [2.45, 2.75) is 37.6 Å². The van der Waals surface area contributed by atoms with Crippen LogP contribution in [0.25, 0.3) is 0 Å². The van der Waals surface area contributed by atoms with Gasteiger partial charge < -0.3 is 5.32 Å². The van der Waals surface area contributed by atoms with E-state index in [0.29, 0.717) is 5.56 Å². The summed E-state index contributed by atoms with van der Waals surface area (Å²) in [6.07, 6.45) is 1.98. The van der Waals surface area contributed by atoms with E-state index in [4.69, 9.17) is 0 Å². The van der Waals surface area contributed by atoms with Gasteiger partial charge in [0.25, 0.3) is 5.69 Å². The molecule has 1 aromatic rings. The van der Waals surface area contributed by atoms with Gasteiger partial charge in [-0.15, -0.1) is 0 Å². The summed E-state index contributed by atoms with van der Waals surface area (Å²) in [4.78, 5) is 10.3. The van der Waals surface area contributed by atoms with Gasteiger partial charge in [0, 0.05) is 17.7 Å². The van der Waals surface area contributed by atoms with E-state index >= 15 is 0 Å². The second-order valence-electron chi connectivity index (χ2n) is 5.72. The molecular weight excluding hydrogens is 306 g/mol. The molecule has 0 aliphatic carbocycles. The molecule has 8 heteroatoms. The third kappa shape index (κ3) is 3.82. The topological polar surface area (TPSA) is 101 Å². The van der Waals surface area contributed by atoms with Gasteiger partial charge in [0.1, 0.15) is 0 Å². The van der Waals surface area contributed by atoms with Crippen LogP contribution in [0.5, 0.6) is 0 Å². The van der Waals surface area contributed by atoms with Crippen LogP contribution in [0.15, 0.2) is 23.1 Å². The molecule has 2 rings (SSSR count). The molecule has 1 aliphatic rings. The molecule has 2 atom stereocenters. The number of nitrogens with one attached hydrogen (secondary N) is 2. The van der Waals surface area contributed by atoms with Crippen LogP contribution >= 0.6 is 0 Å². The average molecular weight is 327 g/mol. The van der Waals surface area contributed by atoms with E-state index in [1.165, 1.54) is 12.1 Å². The number of piperidine rings is 1. The number of rotatable bonds is 5. The van der Waals surface area contributed by atoms with Crippen molar-refractivity contribution in [1.82, 2.24) is 10.0 Å². The van der Waals surface area contributed by atoms with Gasteiger partial charge in [-0.3, -0.25) is 10.1 Å². The first-order chi connectivity index (χ1) is 10.3. The van der Waals surface area contributed by atoms with Crippen LogP contribution in [0.1, 0.15) is 25.3 Å². The molecule has 0 bridgehead atoms. The van der Waals surface area contributed by atoms with Crippen LogP contribution < -0.4 is 10.0 Å². The van der Waals surface area contributed by atoms with Crippen molar-refractivity contribution < 1.29 is 13.3 Å². The highest BCUT2D eigenvalue weighted by Crippen LogP contribution is 2.23. The Kier molecular flexibility index (Phi) is 5.15. The van der Waals surface area contributed by atoms with Gasteiger partial charge in [0.15, 0.2) is 0 Å². The summed E-state index contributed by atoms with van der Waals surface area (Å²) in [5, 5.41) is 14.2. The van der Waals surface area contributed by atoms with Crippen LogP contribution in [-0.4, -0.2) is 32.5 Å². The Bertz CT molecular complexity index is 654. The molecule has 1 saturated heterocycles. The van der Waals surface area contributed by atoms with Gasteiger partial charge in [-0.2, -0.15) is 0 Å². The van der Waals surface area contributed by atoms with Crippen LogP contribution in [-0.2, 0) is 10.0 Å². The SMILES string of the molecule is Cc1ccc(S(=O)(=O)NC(C)C2CCCNC2)cc1[N+](=O)[O-]. The van der Waals surface area contributed by atoms with Gasteiger partial charge in [-0.25, -0.2) is 13.1 Å². The normalized spacial score (nSPS) is 20.5. The van der Waals surface area contributed by atoms with E-state index in [0.717, 1.165) is 32.0 Å². The van der Waals surface area contributed by atoms with Gasteiger partial charge in [0.05, 0.1) is 9.82 Å². The number of nitro groups is 1. The smallest absolute Gasteiger partial charge is 0.273 e. The molecule has 0 amide bonds. The highest BCUT2D eigenvalue weighted by Gasteiger charge is 2.26. The zero-order valence-corrected chi connectivity index (χ0v) is 13.5. The summed E-state index contributed by atoms with van der Waals surface area (Å²) in [6.45, 7) is 5.15. The summed E-state index contributed by atoms with van der Waals surface area (Å²) >= 11 is 0. The number of aryl methyl sites for hydroxylation is 1. The fourth-order valence-electron chi connectivity index (χ4n) is 2.67. The maximum atomic E-state index is 12.4. The molecule has 1 aliphatic heterocycles. The Morgan fingerprint density at radius 2 is 2.18 bits per heavy atom. The Morgan fingerprint density at radius 3 is 2.77 bits per heavy atom. The van der Waals surface area contributed by atoms with Crippen molar-refractivity contribution in [3.05, 3.63) is 33.9 Å². The predicted molar refractivity (Wildman–Crippen MR) is 83.2 cm³/mol. The highest BCUT2D eigenvalue weighted by atomic mass is 32.2. The third-order valence-corrected chi connectivity index (χ3v) is 5.63.